The number of nitrogens with zero attached hydrogens (tertiary/aromatic N) is 3. The summed E-state index contributed by atoms with van der Waals surface area (Å²) >= 11 is 3.39. The minimum absolute atomic E-state index is 0.439. The second-order valence-corrected chi connectivity index (χ2v) is 5.41. The lowest BCUT2D eigenvalue weighted by molar-refractivity contribution is 0.282. The molecule has 0 unspecified atom stereocenters. The summed E-state index contributed by atoms with van der Waals surface area (Å²) in [4.78, 5) is 4.22. The Labute approximate surface area is 115 Å². The normalized spacial score (nSPS) is 10.9. The first kappa shape index (κ1) is 13.1. The zero-order valence-corrected chi connectivity index (χ0v) is 12.1. The van der Waals surface area contributed by atoms with Crippen LogP contribution < -0.4 is 4.74 Å². The zero-order valence-electron chi connectivity index (χ0n) is 10.5. The number of ether oxygens (including phenoxy) is 1. The van der Waals surface area contributed by atoms with Gasteiger partial charge in [0, 0.05) is 11.0 Å². The number of hydrogen-bond donors (Lipinski definition) is 0. The van der Waals surface area contributed by atoms with E-state index in [-0.39, 0.29) is 0 Å². The summed E-state index contributed by atoms with van der Waals surface area (Å²) in [5.41, 5.74) is 0. The van der Waals surface area contributed by atoms with Gasteiger partial charge < -0.3 is 4.74 Å². The summed E-state index contributed by atoms with van der Waals surface area (Å²) < 4.78 is 8.62. The van der Waals surface area contributed by atoms with Crippen molar-refractivity contribution in [3.05, 3.63) is 40.9 Å². The van der Waals surface area contributed by atoms with Crippen molar-refractivity contribution >= 4 is 15.9 Å². The van der Waals surface area contributed by atoms with Gasteiger partial charge in [0.25, 0.3) is 0 Å². The van der Waals surface area contributed by atoms with E-state index >= 15 is 0 Å². The van der Waals surface area contributed by atoms with E-state index in [0.29, 0.717) is 12.5 Å². The summed E-state index contributed by atoms with van der Waals surface area (Å²) in [6.07, 6.45) is 1.57. The molecule has 0 N–H and O–H groups in total. The van der Waals surface area contributed by atoms with Crippen LogP contribution in [0.1, 0.15) is 19.7 Å². The molecular formula is C13H16BrN3O. The van der Waals surface area contributed by atoms with Crippen molar-refractivity contribution in [3.8, 4) is 5.75 Å². The maximum Gasteiger partial charge on any atom is 0.164 e. The zero-order chi connectivity index (χ0) is 13.0. The van der Waals surface area contributed by atoms with Crippen molar-refractivity contribution in [3.63, 3.8) is 0 Å². The van der Waals surface area contributed by atoms with Crippen LogP contribution in [0, 0.1) is 5.92 Å². The second-order valence-electron chi connectivity index (χ2n) is 4.49. The predicted molar refractivity (Wildman–Crippen MR) is 73.3 cm³/mol. The first-order chi connectivity index (χ1) is 8.65. The van der Waals surface area contributed by atoms with Crippen molar-refractivity contribution in [1.82, 2.24) is 14.8 Å². The SMILES string of the molecule is CC(C)Cn1ncnc1COc1ccc(Br)cc1. The number of hydrogen-bond acceptors (Lipinski definition) is 3. The molecule has 1 aromatic heterocycles. The summed E-state index contributed by atoms with van der Waals surface area (Å²) in [6, 6.07) is 7.75. The van der Waals surface area contributed by atoms with Crippen molar-refractivity contribution in [2.75, 3.05) is 0 Å². The Morgan fingerprint density at radius 1 is 1.28 bits per heavy atom. The van der Waals surface area contributed by atoms with Gasteiger partial charge in [-0.25, -0.2) is 9.67 Å². The van der Waals surface area contributed by atoms with Gasteiger partial charge in [0.15, 0.2) is 5.82 Å². The fourth-order valence-corrected chi connectivity index (χ4v) is 1.84. The molecule has 0 saturated heterocycles. The molecule has 0 aliphatic heterocycles. The molecule has 0 saturated carbocycles. The van der Waals surface area contributed by atoms with Crippen molar-refractivity contribution < 1.29 is 4.74 Å². The quantitative estimate of drug-likeness (QED) is 0.851. The maximum absolute atomic E-state index is 5.68. The molecule has 18 heavy (non-hydrogen) atoms. The third-order valence-corrected chi connectivity index (χ3v) is 2.94. The van der Waals surface area contributed by atoms with Crippen LogP contribution in [0.4, 0.5) is 0 Å². The first-order valence-corrected chi connectivity index (χ1v) is 6.69. The smallest absolute Gasteiger partial charge is 0.164 e. The van der Waals surface area contributed by atoms with E-state index < -0.39 is 0 Å². The van der Waals surface area contributed by atoms with Crippen LogP contribution >= 0.6 is 15.9 Å². The minimum Gasteiger partial charge on any atom is -0.486 e. The van der Waals surface area contributed by atoms with Crippen LogP contribution in [0.5, 0.6) is 5.75 Å². The van der Waals surface area contributed by atoms with Gasteiger partial charge in [-0.3, -0.25) is 0 Å². The van der Waals surface area contributed by atoms with Crippen LogP contribution in [0.2, 0.25) is 0 Å². The lowest BCUT2D eigenvalue weighted by Gasteiger charge is -2.09. The fraction of sp³-hybridized carbons (Fsp3) is 0.385. The highest BCUT2D eigenvalue weighted by Crippen LogP contribution is 2.17. The Balaban J connectivity index is 1.97. The van der Waals surface area contributed by atoms with Gasteiger partial charge in [-0.1, -0.05) is 29.8 Å². The van der Waals surface area contributed by atoms with Crippen LogP contribution in [-0.4, -0.2) is 14.8 Å². The predicted octanol–water partition coefficient (Wildman–Crippen LogP) is 3.28. The van der Waals surface area contributed by atoms with Gasteiger partial charge in [-0.05, 0) is 30.2 Å². The highest BCUT2D eigenvalue weighted by molar-refractivity contribution is 9.10. The summed E-state index contributed by atoms with van der Waals surface area (Å²) in [5, 5.41) is 4.20. The number of benzene rings is 1. The molecule has 0 aliphatic rings. The Hall–Kier alpha value is -1.36. The average molecular weight is 310 g/mol. The Kier molecular flexibility index (Phi) is 4.36. The standard InChI is InChI=1S/C13H16BrN3O/c1-10(2)7-17-13(15-9-16-17)8-18-12-5-3-11(14)4-6-12/h3-6,9-10H,7-8H2,1-2H3. The van der Waals surface area contributed by atoms with E-state index in [9.17, 15) is 0 Å². The summed E-state index contributed by atoms with van der Waals surface area (Å²) in [5.74, 6) is 2.22. The molecule has 1 heterocycles. The molecule has 0 radical (unpaired) electrons. The van der Waals surface area contributed by atoms with Gasteiger partial charge in [-0.15, -0.1) is 0 Å². The topological polar surface area (TPSA) is 39.9 Å². The molecule has 96 valence electrons. The monoisotopic (exact) mass is 309 g/mol. The van der Waals surface area contributed by atoms with Crippen molar-refractivity contribution in [1.29, 1.82) is 0 Å². The number of halogens is 1. The fourth-order valence-electron chi connectivity index (χ4n) is 1.58. The van der Waals surface area contributed by atoms with Gasteiger partial charge in [-0.2, -0.15) is 5.10 Å². The van der Waals surface area contributed by atoms with Gasteiger partial charge in [0.05, 0.1) is 0 Å². The molecule has 2 aromatic rings. The molecule has 0 bridgehead atoms. The molecule has 4 nitrogen and oxygen atoms in total. The molecule has 0 atom stereocenters. The number of aromatic nitrogens is 3. The molecule has 0 fully saturated rings. The first-order valence-electron chi connectivity index (χ1n) is 5.90. The van der Waals surface area contributed by atoms with E-state index in [1.807, 2.05) is 28.9 Å². The molecule has 2 rings (SSSR count). The molecular weight excluding hydrogens is 294 g/mol. The van der Waals surface area contributed by atoms with Gasteiger partial charge in [0.2, 0.25) is 0 Å². The number of rotatable bonds is 5. The highest BCUT2D eigenvalue weighted by atomic mass is 79.9. The molecule has 0 amide bonds. The third-order valence-electron chi connectivity index (χ3n) is 2.42. The van der Waals surface area contributed by atoms with E-state index in [2.05, 4.69) is 39.9 Å². The summed E-state index contributed by atoms with van der Waals surface area (Å²) in [6.45, 7) is 5.61. The Morgan fingerprint density at radius 3 is 2.67 bits per heavy atom. The van der Waals surface area contributed by atoms with Gasteiger partial charge in [0.1, 0.15) is 18.7 Å². The largest absolute Gasteiger partial charge is 0.486 e. The molecule has 0 aliphatic carbocycles. The van der Waals surface area contributed by atoms with Crippen molar-refractivity contribution in [2.24, 2.45) is 5.92 Å². The van der Waals surface area contributed by atoms with Gasteiger partial charge >= 0.3 is 0 Å². The van der Waals surface area contributed by atoms with Crippen LogP contribution in [-0.2, 0) is 13.2 Å². The molecule has 1 aromatic carbocycles. The Morgan fingerprint density at radius 2 is 2.00 bits per heavy atom. The average Bonchev–Trinajstić information content (AvgIpc) is 2.75. The van der Waals surface area contributed by atoms with Crippen LogP contribution in [0.3, 0.4) is 0 Å². The van der Waals surface area contributed by atoms with Crippen LogP contribution in [0.15, 0.2) is 35.1 Å². The van der Waals surface area contributed by atoms with E-state index in [0.717, 1.165) is 22.6 Å². The second kappa shape index (κ2) is 6.00. The lowest BCUT2D eigenvalue weighted by Crippen LogP contribution is -2.12. The van der Waals surface area contributed by atoms with E-state index in [1.165, 1.54) is 0 Å². The third kappa shape index (κ3) is 3.57. The van der Waals surface area contributed by atoms with E-state index in [4.69, 9.17) is 4.74 Å². The molecule has 0 spiro atoms. The Bertz CT molecular complexity index is 493. The molecule has 5 heteroatoms. The lowest BCUT2D eigenvalue weighted by atomic mass is 10.2. The van der Waals surface area contributed by atoms with Crippen molar-refractivity contribution in [2.45, 2.75) is 27.0 Å². The summed E-state index contributed by atoms with van der Waals surface area (Å²) in [7, 11) is 0. The highest BCUT2D eigenvalue weighted by Gasteiger charge is 2.06. The minimum atomic E-state index is 0.439. The van der Waals surface area contributed by atoms with Crippen LogP contribution in [0.25, 0.3) is 0 Å². The van der Waals surface area contributed by atoms with E-state index in [1.54, 1.807) is 6.33 Å². The maximum atomic E-state index is 5.68.